The fraction of sp³-hybridized carbons (Fsp3) is 0.382. The van der Waals surface area contributed by atoms with Crippen LogP contribution in [0.2, 0.25) is 0 Å². The number of carboxylic acids is 1. The zero-order valence-electron chi connectivity index (χ0n) is 26.3. The van der Waals surface area contributed by atoms with Crippen LogP contribution in [0.5, 0.6) is 17.2 Å². The maximum absolute atomic E-state index is 13.3. The van der Waals surface area contributed by atoms with E-state index in [4.69, 9.17) is 19.3 Å². The number of halogens is 3. The van der Waals surface area contributed by atoms with Gasteiger partial charge >= 0.3 is 5.97 Å². The van der Waals surface area contributed by atoms with Gasteiger partial charge in [0.15, 0.2) is 0 Å². The highest BCUT2D eigenvalue weighted by Crippen LogP contribution is 2.36. The minimum atomic E-state index is -0.865. The fourth-order valence-electron chi connectivity index (χ4n) is 4.91. The molecule has 0 spiro atoms. The molecule has 0 atom stereocenters. The van der Waals surface area contributed by atoms with Crippen LogP contribution in [0.3, 0.4) is 0 Å². The number of nitrogens with zero attached hydrogens (tertiary/aromatic N) is 3. The molecule has 45 heavy (non-hydrogen) atoms. The number of hydrogen-bond donors (Lipinski definition) is 1. The molecule has 4 aromatic rings. The van der Waals surface area contributed by atoms with Crippen molar-refractivity contribution in [1.82, 2.24) is 15.0 Å². The summed E-state index contributed by atoms with van der Waals surface area (Å²) in [6.45, 7) is 12.9. The third-order valence-corrected chi connectivity index (χ3v) is 8.94. The Morgan fingerprint density at radius 1 is 0.956 bits per heavy atom. The predicted molar refractivity (Wildman–Crippen MR) is 188 cm³/mol. The molecule has 0 amide bonds. The maximum Gasteiger partial charge on any atom is 0.307 e. The molecule has 0 saturated heterocycles. The van der Waals surface area contributed by atoms with E-state index >= 15 is 0 Å². The van der Waals surface area contributed by atoms with Crippen molar-refractivity contribution < 1.29 is 28.5 Å². The van der Waals surface area contributed by atoms with E-state index in [1.807, 2.05) is 62.8 Å². The number of hydrogen-bond acceptors (Lipinski definition) is 6. The number of aryl methyl sites for hydroxylation is 2. The standard InChI is InChI=1S/C34H38FI2N3O5/c1-21-13-24(16-30(41)42)15-28(36)32(21)45-27-14-22(2)31(29(37)17-27)43-20-26-19-40(39-38-26)33(3,4)11-12-44-34(5,6)18-23-7-9-25(35)10-8-23/h7-10,13-15,17,19H,11-12,16,18,20H2,1-6H3,(H,41,42). The van der Waals surface area contributed by atoms with Crippen LogP contribution in [0.1, 0.15) is 62.1 Å². The van der Waals surface area contributed by atoms with E-state index in [1.54, 1.807) is 12.1 Å². The number of carbonyl (C=O) groups is 1. The van der Waals surface area contributed by atoms with Crippen molar-refractivity contribution in [2.24, 2.45) is 0 Å². The molecule has 8 nitrogen and oxygen atoms in total. The highest BCUT2D eigenvalue weighted by molar-refractivity contribution is 14.1. The summed E-state index contributed by atoms with van der Waals surface area (Å²) in [6, 6.07) is 14.1. The molecular formula is C34H38FI2N3O5. The Kier molecular flexibility index (Phi) is 11.5. The number of aromatic nitrogens is 3. The number of ether oxygens (including phenoxy) is 3. The third-order valence-electron chi connectivity index (χ3n) is 7.34. The van der Waals surface area contributed by atoms with E-state index in [1.165, 1.54) is 12.1 Å². The first kappa shape index (κ1) is 35.1. The topological polar surface area (TPSA) is 95.7 Å². The second-order valence-electron chi connectivity index (χ2n) is 12.4. The summed E-state index contributed by atoms with van der Waals surface area (Å²) in [7, 11) is 0. The van der Waals surface area contributed by atoms with Gasteiger partial charge < -0.3 is 19.3 Å². The molecule has 240 valence electrons. The number of rotatable bonds is 14. The molecule has 0 aliphatic carbocycles. The molecule has 3 aromatic carbocycles. The second kappa shape index (κ2) is 14.8. The van der Waals surface area contributed by atoms with Gasteiger partial charge in [-0.2, -0.15) is 0 Å². The fourth-order valence-corrected chi connectivity index (χ4v) is 6.73. The molecule has 1 N–H and O–H groups in total. The number of aliphatic carboxylic acids is 1. The minimum absolute atomic E-state index is 0.0295. The molecule has 0 unspecified atom stereocenters. The summed E-state index contributed by atoms with van der Waals surface area (Å²) < 4.78 is 35.5. The quantitative estimate of drug-likeness (QED) is 0.128. The first-order valence-corrected chi connectivity index (χ1v) is 16.7. The van der Waals surface area contributed by atoms with E-state index in [9.17, 15) is 9.18 Å². The van der Waals surface area contributed by atoms with Gasteiger partial charge in [-0.15, -0.1) is 5.10 Å². The minimum Gasteiger partial charge on any atom is -0.486 e. The lowest BCUT2D eigenvalue weighted by Gasteiger charge is -2.29. The van der Waals surface area contributed by atoms with Crippen LogP contribution in [0.4, 0.5) is 4.39 Å². The van der Waals surface area contributed by atoms with Gasteiger partial charge in [0.05, 0.1) is 30.9 Å². The lowest BCUT2D eigenvalue weighted by molar-refractivity contribution is -0.136. The summed E-state index contributed by atoms with van der Waals surface area (Å²) in [5.41, 5.74) is 3.54. The first-order valence-electron chi connectivity index (χ1n) is 14.5. The van der Waals surface area contributed by atoms with Gasteiger partial charge in [0.1, 0.15) is 35.4 Å². The molecule has 0 fully saturated rings. The molecule has 0 bridgehead atoms. The Labute approximate surface area is 290 Å². The zero-order valence-corrected chi connectivity index (χ0v) is 30.6. The van der Waals surface area contributed by atoms with Gasteiger partial charge in [-0.25, -0.2) is 9.07 Å². The van der Waals surface area contributed by atoms with Gasteiger partial charge in [-0.3, -0.25) is 4.79 Å². The van der Waals surface area contributed by atoms with Gasteiger partial charge in [-0.05, 0) is 146 Å². The van der Waals surface area contributed by atoms with Crippen molar-refractivity contribution in [3.05, 3.63) is 95.6 Å². The molecular weight excluding hydrogens is 803 g/mol. The van der Waals surface area contributed by atoms with E-state index in [2.05, 4.69) is 69.3 Å². The van der Waals surface area contributed by atoms with Crippen molar-refractivity contribution in [3.8, 4) is 17.2 Å². The van der Waals surface area contributed by atoms with E-state index < -0.39 is 11.6 Å². The third kappa shape index (κ3) is 9.85. The van der Waals surface area contributed by atoms with E-state index in [0.29, 0.717) is 30.2 Å². The van der Waals surface area contributed by atoms with Crippen molar-refractivity contribution in [2.45, 2.75) is 78.6 Å². The molecule has 0 aliphatic heterocycles. The lowest BCUT2D eigenvalue weighted by atomic mass is 9.97. The van der Waals surface area contributed by atoms with E-state index in [-0.39, 0.29) is 24.4 Å². The van der Waals surface area contributed by atoms with Crippen LogP contribution in [0.15, 0.2) is 54.7 Å². The van der Waals surface area contributed by atoms with E-state index in [0.717, 1.165) is 41.6 Å². The zero-order chi connectivity index (χ0) is 32.9. The monoisotopic (exact) mass is 841 g/mol. The SMILES string of the molecule is Cc1cc(Oc2c(C)cc(CC(=O)O)cc2I)cc(I)c1OCc1cn(C(C)(C)CCOC(C)(C)Cc2ccc(F)cc2)nn1. The first-order chi connectivity index (χ1) is 21.1. The summed E-state index contributed by atoms with van der Waals surface area (Å²) in [5.74, 6) is 1.02. The molecule has 0 aliphatic rings. The van der Waals surface area contributed by atoms with Crippen LogP contribution in [-0.2, 0) is 34.5 Å². The lowest BCUT2D eigenvalue weighted by Crippen LogP contribution is -2.33. The maximum atomic E-state index is 13.3. The smallest absolute Gasteiger partial charge is 0.307 e. The Balaban J connectivity index is 1.34. The predicted octanol–water partition coefficient (Wildman–Crippen LogP) is 8.40. The summed E-state index contributed by atoms with van der Waals surface area (Å²) >= 11 is 4.41. The molecule has 0 saturated carbocycles. The average Bonchev–Trinajstić information content (AvgIpc) is 3.41. The van der Waals surface area contributed by atoms with Crippen LogP contribution >= 0.6 is 45.2 Å². The Hall–Kier alpha value is -2.78. The number of carboxylic acid groups (broad SMARTS) is 1. The molecule has 11 heteroatoms. The van der Waals surface area contributed by atoms with Gasteiger partial charge in [0.25, 0.3) is 0 Å². The molecule has 0 radical (unpaired) electrons. The molecule has 4 rings (SSSR count). The Bertz CT molecular complexity index is 1610. The summed E-state index contributed by atoms with van der Waals surface area (Å²) in [4.78, 5) is 11.1. The van der Waals surface area contributed by atoms with Gasteiger partial charge in [-0.1, -0.05) is 23.4 Å². The van der Waals surface area contributed by atoms with Crippen LogP contribution < -0.4 is 9.47 Å². The summed E-state index contributed by atoms with van der Waals surface area (Å²) in [5, 5.41) is 17.8. The summed E-state index contributed by atoms with van der Waals surface area (Å²) in [6.07, 6.45) is 3.29. The van der Waals surface area contributed by atoms with Crippen molar-refractivity contribution in [2.75, 3.05) is 6.61 Å². The van der Waals surface area contributed by atoms with Crippen LogP contribution in [0.25, 0.3) is 0 Å². The van der Waals surface area contributed by atoms with Gasteiger partial charge in [0.2, 0.25) is 0 Å². The second-order valence-corrected chi connectivity index (χ2v) is 14.7. The number of benzene rings is 3. The average molecular weight is 841 g/mol. The Morgan fingerprint density at radius 2 is 1.62 bits per heavy atom. The molecule has 1 heterocycles. The van der Waals surface area contributed by atoms with Crippen molar-refractivity contribution in [1.29, 1.82) is 0 Å². The highest BCUT2D eigenvalue weighted by atomic mass is 127. The largest absolute Gasteiger partial charge is 0.486 e. The van der Waals surface area contributed by atoms with Gasteiger partial charge in [0, 0.05) is 13.0 Å². The van der Waals surface area contributed by atoms with Crippen LogP contribution in [0, 0.1) is 26.8 Å². The molecule has 1 aromatic heterocycles. The Morgan fingerprint density at radius 3 is 2.27 bits per heavy atom. The highest BCUT2D eigenvalue weighted by Gasteiger charge is 2.25. The van der Waals surface area contributed by atoms with Crippen molar-refractivity contribution in [3.63, 3.8) is 0 Å². The van der Waals surface area contributed by atoms with Crippen LogP contribution in [-0.4, -0.2) is 38.3 Å². The normalized spacial score (nSPS) is 11.9. The van der Waals surface area contributed by atoms with Crippen molar-refractivity contribution >= 4 is 51.2 Å².